The number of ether oxygens (including phenoxy) is 1. The third-order valence-corrected chi connectivity index (χ3v) is 2.07. The summed E-state index contributed by atoms with van der Waals surface area (Å²) >= 11 is 0. The lowest BCUT2D eigenvalue weighted by Crippen LogP contribution is -2.29. The molecule has 0 fully saturated rings. The monoisotopic (exact) mass is 232 g/mol. The smallest absolute Gasteiger partial charge is 0.408 e. The molecule has 0 spiro atoms. The van der Waals surface area contributed by atoms with E-state index in [1.54, 1.807) is 12.1 Å². The standard InChI is InChI=1S/C13H16N2O2/c1-10(2)9-17-13(16)15-12(8-14)11-6-4-3-5-7-11/h3-7,10,12H,9H2,1-2H3,(H,15,16). The minimum atomic E-state index is -0.670. The van der Waals surface area contributed by atoms with Gasteiger partial charge in [-0.05, 0) is 11.5 Å². The molecule has 0 aromatic heterocycles. The van der Waals surface area contributed by atoms with Gasteiger partial charge in [-0.1, -0.05) is 44.2 Å². The lowest BCUT2D eigenvalue weighted by molar-refractivity contribution is 0.131. The summed E-state index contributed by atoms with van der Waals surface area (Å²) in [7, 11) is 0. The van der Waals surface area contributed by atoms with Gasteiger partial charge in [-0.15, -0.1) is 0 Å². The van der Waals surface area contributed by atoms with Crippen LogP contribution in [0.4, 0.5) is 4.79 Å². The Morgan fingerprint density at radius 3 is 2.59 bits per heavy atom. The van der Waals surface area contributed by atoms with Crippen LogP contribution < -0.4 is 5.32 Å². The fourth-order valence-electron chi connectivity index (χ4n) is 1.24. The summed E-state index contributed by atoms with van der Waals surface area (Å²) in [5.41, 5.74) is 0.747. The SMILES string of the molecule is CC(C)COC(=O)NC(C#N)c1ccccc1. The highest BCUT2D eigenvalue weighted by Gasteiger charge is 2.14. The molecule has 1 unspecified atom stereocenters. The van der Waals surface area contributed by atoms with Gasteiger partial charge in [0.05, 0.1) is 12.7 Å². The highest BCUT2D eigenvalue weighted by atomic mass is 16.5. The Labute approximate surface area is 101 Å². The number of nitriles is 1. The first kappa shape index (κ1) is 13.0. The number of nitrogens with one attached hydrogen (secondary N) is 1. The zero-order chi connectivity index (χ0) is 12.7. The van der Waals surface area contributed by atoms with Crippen LogP contribution in [0.1, 0.15) is 25.5 Å². The van der Waals surface area contributed by atoms with Gasteiger partial charge < -0.3 is 10.1 Å². The fourth-order valence-corrected chi connectivity index (χ4v) is 1.24. The maximum Gasteiger partial charge on any atom is 0.408 e. The van der Waals surface area contributed by atoms with Crippen LogP contribution >= 0.6 is 0 Å². The number of carbonyl (C=O) groups is 1. The Hall–Kier alpha value is -2.02. The summed E-state index contributed by atoms with van der Waals surface area (Å²) < 4.78 is 4.96. The van der Waals surface area contributed by atoms with Gasteiger partial charge in [0.15, 0.2) is 0 Å². The van der Waals surface area contributed by atoms with E-state index in [1.807, 2.05) is 38.1 Å². The van der Waals surface area contributed by atoms with E-state index < -0.39 is 12.1 Å². The number of carbonyl (C=O) groups excluding carboxylic acids is 1. The zero-order valence-corrected chi connectivity index (χ0v) is 10.0. The van der Waals surface area contributed by atoms with Crippen LogP contribution in [0.3, 0.4) is 0 Å². The normalized spacial score (nSPS) is 11.6. The van der Waals surface area contributed by atoms with Crippen molar-refractivity contribution in [2.45, 2.75) is 19.9 Å². The number of alkyl carbamates (subject to hydrolysis) is 1. The van der Waals surface area contributed by atoms with Crippen LogP contribution in [0, 0.1) is 17.2 Å². The number of rotatable bonds is 4. The topological polar surface area (TPSA) is 62.1 Å². The summed E-state index contributed by atoms with van der Waals surface area (Å²) in [4.78, 5) is 11.4. The molecule has 0 aliphatic heterocycles. The summed E-state index contributed by atoms with van der Waals surface area (Å²) in [5.74, 6) is 0.276. The van der Waals surface area contributed by atoms with Crippen LogP contribution in [0.5, 0.6) is 0 Å². The molecule has 4 nitrogen and oxygen atoms in total. The van der Waals surface area contributed by atoms with Crippen LogP contribution in [-0.2, 0) is 4.74 Å². The molecule has 4 heteroatoms. The Kier molecular flexibility index (Phi) is 5.02. The second-order valence-corrected chi connectivity index (χ2v) is 4.11. The fraction of sp³-hybridized carbons (Fsp3) is 0.385. The summed E-state index contributed by atoms with van der Waals surface area (Å²) in [6.07, 6.45) is -0.561. The van der Waals surface area contributed by atoms with Crippen molar-refractivity contribution in [2.75, 3.05) is 6.61 Å². The molecule has 0 saturated carbocycles. The molecule has 1 atom stereocenters. The lowest BCUT2D eigenvalue weighted by Gasteiger charge is -2.13. The average molecular weight is 232 g/mol. The van der Waals surface area contributed by atoms with Crippen LogP contribution in [-0.4, -0.2) is 12.7 Å². The molecule has 0 saturated heterocycles. The number of hydrogen-bond acceptors (Lipinski definition) is 3. The Morgan fingerprint density at radius 2 is 2.06 bits per heavy atom. The molecule has 0 bridgehead atoms. The third-order valence-electron chi connectivity index (χ3n) is 2.07. The Balaban J connectivity index is 2.54. The molecular weight excluding hydrogens is 216 g/mol. The van der Waals surface area contributed by atoms with E-state index in [-0.39, 0.29) is 5.92 Å². The summed E-state index contributed by atoms with van der Waals surface area (Å²) in [6.45, 7) is 4.25. The van der Waals surface area contributed by atoms with Crippen LogP contribution in [0.25, 0.3) is 0 Å². The maximum absolute atomic E-state index is 11.4. The van der Waals surface area contributed by atoms with E-state index in [9.17, 15) is 4.79 Å². The number of amides is 1. The van der Waals surface area contributed by atoms with Crippen molar-refractivity contribution in [2.24, 2.45) is 5.92 Å². The number of benzene rings is 1. The molecule has 1 N–H and O–H groups in total. The van der Waals surface area contributed by atoms with Crippen LogP contribution in [0.15, 0.2) is 30.3 Å². The predicted molar refractivity (Wildman–Crippen MR) is 64.1 cm³/mol. The van der Waals surface area contributed by atoms with Gasteiger partial charge >= 0.3 is 6.09 Å². The first-order valence-electron chi connectivity index (χ1n) is 5.51. The number of nitrogens with zero attached hydrogens (tertiary/aromatic N) is 1. The molecule has 0 aliphatic carbocycles. The van der Waals surface area contributed by atoms with Crippen molar-refractivity contribution >= 4 is 6.09 Å². The highest BCUT2D eigenvalue weighted by molar-refractivity contribution is 5.68. The van der Waals surface area contributed by atoms with Crippen molar-refractivity contribution in [1.82, 2.24) is 5.32 Å². The average Bonchev–Trinajstić information content (AvgIpc) is 2.34. The molecule has 1 amide bonds. The van der Waals surface area contributed by atoms with Crippen molar-refractivity contribution in [3.05, 3.63) is 35.9 Å². The van der Waals surface area contributed by atoms with Gasteiger partial charge in [0.1, 0.15) is 6.04 Å². The van der Waals surface area contributed by atoms with E-state index >= 15 is 0 Å². The van der Waals surface area contributed by atoms with E-state index in [1.165, 1.54) is 0 Å². The second-order valence-electron chi connectivity index (χ2n) is 4.11. The minimum Gasteiger partial charge on any atom is -0.449 e. The van der Waals surface area contributed by atoms with Gasteiger partial charge in [-0.3, -0.25) is 0 Å². The third kappa shape index (κ3) is 4.56. The lowest BCUT2D eigenvalue weighted by atomic mass is 10.1. The number of hydrogen-bond donors (Lipinski definition) is 1. The van der Waals surface area contributed by atoms with Gasteiger partial charge in [0, 0.05) is 0 Å². The van der Waals surface area contributed by atoms with Gasteiger partial charge in [-0.25, -0.2) is 4.79 Å². The molecule has 0 heterocycles. The van der Waals surface area contributed by atoms with Crippen molar-refractivity contribution in [3.8, 4) is 6.07 Å². The minimum absolute atomic E-state index is 0.276. The van der Waals surface area contributed by atoms with E-state index in [0.717, 1.165) is 5.56 Å². The predicted octanol–water partition coefficient (Wildman–Crippen LogP) is 2.63. The van der Waals surface area contributed by atoms with E-state index in [2.05, 4.69) is 5.32 Å². The maximum atomic E-state index is 11.4. The zero-order valence-electron chi connectivity index (χ0n) is 10.0. The van der Waals surface area contributed by atoms with E-state index in [0.29, 0.717) is 6.61 Å². The summed E-state index contributed by atoms with van der Waals surface area (Å²) in [6, 6.07) is 10.4. The first-order chi connectivity index (χ1) is 8.13. The molecule has 0 radical (unpaired) electrons. The van der Waals surface area contributed by atoms with Gasteiger partial charge in [-0.2, -0.15) is 5.26 Å². The van der Waals surface area contributed by atoms with Crippen LogP contribution in [0.2, 0.25) is 0 Å². The molecule has 17 heavy (non-hydrogen) atoms. The molecule has 90 valence electrons. The second kappa shape index (κ2) is 6.54. The molecular formula is C13H16N2O2. The molecule has 1 aromatic carbocycles. The quantitative estimate of drug-likeness (QED) is 0.868. The van der Waals surface area contributed by atoms with Crippen molar-refractivity contribution in [1.29, 1.82) is 5.26 Å². The Morgan fingerprint density at radius 1 is 1.41 bits per heavy atom. The molecule has 1 aromatic rings. The van der Waals surface area contributed by atoms with Crippen molar-refractivity contribution in [3.63, 3.8) is 0 Å². The van der Waals surface area contributed by atoms with Gasteiger partial charge in [0.2, 0.25) is 0 Å². The largest absolute Gasteiger partial charge is 0.449 e. The first-order valence-corrected chi connectivity index (χ1v) is 5.51. The highest BCUT2D eigenvalue weighted by Crippen LogP contribution is 2.11. The molecule has 1 rings (SSSR count). The van der Waals surface area contributed by atoms with E-state index in [4.69, 9.17) is 10.00 Å². The Bertz CT molecular complexity index is 396. The van der Waals surface area contributed by atoms with Gasteiger partial charge in [0.25, 0.3) is 0 Å². The summed E-state index contributed by atoms with van der Waals surface area (Å²) in [5, 5.41) is 11.5. The molecule has 0 aliphatic rings. The van der Waals surface area contributed by atoms with Crippen molar-refractivity contribution < 1.29 is 9.53 Å².